The number of carbonyl (C=O) groups excluding carboxylic acids is 2. The molecular weight excluding hydrogens is 501 g/mol. The number of amides is 2. The molecule has 0 spiro atoms. The highest BCUT2D eigenvalue weighted by Gasteiger charge is 2.32. The molecule has 3 N–H and O–H groups in total. The lowest BCUT2D eigenvalue weighted by Crippen LogP contribution is -2.54. The first-order chi connectivity index (χ1) is 18.5. The number of thiophene rings is 1. The Morgan fingerprint density at radius 1 is 1.00 bits per heavy atom. The van der Waals surface area contributed by atoms with Gasteiger partial charge in [-0.3, -0.25) is 14.5 Å². The van der Waals surface area contributed by atoms with Crippen molar-refractivity contribution in [2.24, 2.45) is 0 Å². The maximum atomic E-state index is 14.3. The van der Waals surface area contributed by atoms with Crippen molar-refractivity contribution in [1.82, 2.24) is 20.5 Å². The van der Waals surface area contributed by atoms with Gasteiger partial charge in [0.1, 0.15) is 5.82 Å². The first-order valence-electron chi connectivity index (χ1n) is 12.9. The number of aromatic nitrogens is 1. The number of hydrogen-bond acceptors (Lipinski definition) is 5. The van der Waals surface area contributed by atoms with E-state index in [4.69, 9.17) is 0 Å². The molecule has 5 rings (SSSR count). The maximum absolute atomic E-state index is 14.3. The zero-order valence-electron chi connectivity index (χ0n) is 21.3. The summed E-state index contributed by atoms with van der Waals surface area (Å²) in [5.41, 5.74) is 2.77. The van der Waals surface area contributed by atoms with Crippen molar-refractivity contribution in [3.05, 3.63) is 88.5 Å². The smallest absolute Gasteiger partial charge is 0.309 e. The van der Waals surface area contributed by atoms with E-state index in [1.54, 1.807) is 17.4 Å². The van der Waals surface area contributed by atoms with Gasteiger partial charge in [-0.25, -0.2) is 4.39 Å². The van der Waals surface area contributed by atoms with Crippen LogP contribution >= 0.6 is 11.3 Å². The van der Waals surface area contributed by atoms with E-state index in [1.807, 2.05) is 61.0 Å². The molecule has 2 aromatic heterocycles. The molecule has 2 atom stereocenters. The van der Waals surface area contributed by atoms with Crippen LogP contribution in [0.25, 0.3) is 10.9 Å². The molecule has 2 aromatic carbocycles. The van der Waals surface area contributed by atoms with Crippen LogP contribution in [0.5, 0.6) is 0 Å². The highest BCUT2D eigenvalue weighted by Crippen LogP contribution is 2.30. The van der Waals surface area contributed by atoms with Crippen molar-refractivity contribution >= 4 is 39.7 Å². The number of rotatable bonds is 8. The monoisotopic (exact) mass is 533 g/mol. The second kappa shape index (κ2) is 11.8. The molecule has 198 valence electrons. The number of nitrogens with zero attached hydrogens (tertiary/aromatic N) is 2. The number of H-pyrrole nitrogens is 1. The van der Waals surface area contributed by atoms with Gasteiger partial charge in [0.15, 0.2) is 0 Å². The number of hydrogen-bond donors (Lipinski definition) is 3. The summed E-state index contributed by atoms with van der Waals surface area (Å²) in [7, 11) is 0. The zero-order valence-corrected chi connectivity index (χ0v) is 22.1. The van der Waals surface area contributed by atoms with Crippen molar-refractivity contribution in [1.29, 1.82) is 0 Å². The average molecular weight is 534 g/mol. The minimum absolute atomic E-state index is 0.0826. The predicted molar refractivity (Wildman–Crippen MR) is 150 cm³/mol. The Labute approximate surface area is 225 Å². The third-order valence-electron chi connectivity index (χ3n) is 7.13. The fourth-order valence-electron chi connectivity index (χ4n) is 5.23. The predicted octanol–water partition coefficient (Wildman–Crippen LogP) is 4.10. The van der Waals surface area contributed by atoms with Crippen LogP contribution in [0.3, 0.4) is 0 Å². The van der Waals surface area contributed by atoms with Crippen molar-refractivity contribution in [3.8, 4) is 0 Å². The number of para-hydroxylation sites is 2. The lowest BCUT2D eigenvalue weighted by molar-refractivity contribution is -0.139. The van der Waals surface area contributed by atoms with E-state index in [9.17, 15) is 14.0 Å². The van der Waals surface area contributed by atoms with Crippen molar-refractivity contribution in [2.45, 2.75) is 25.4 Å². The quantitative estimate of drug-likeness (QED) is 0.298. The number of benzene rings is 2. The van der Waals surface area contributed by atoms with Crippen LogP contribution in [0.2, 0.25) is 0 Å². The Morgan fingerprint density at radius 3 is 2.53 bits per heavy atom. The van der Waals surface area contributed by atoms with Crippen LogP contribution in [-0.2, 0) is 16.0 Å². The summed E-state index contributed by atoms with van der Waals surface area (Å²) >= 11 is 1.63. The summed E-state index contributed by atoms with van der Waals surface area (Å²) in [6.45, 7) is 5.09. The largest absolute Gasteiger partial charge is 0.367 e. The molecule has 4 aromatic rings. The van der Waals surface area contributed by atoms with Gasteiger partial charge >= 0.3 is 11.8 Å². The molecule has 38 heavy (non-hydrogen) atoms. The minimum Gasteiger partial charge on any atom is -0.367 e. The molecule has 7 nitrogen and oxygen atoms in total. The zero-order chi connectivity index (χ0) is 26.5. The molecule has 0 unspecified atom stereocenters. The summed E-state index contributed by atoms with van der Waals surface area (Å²) in [5.74, 6) is -1.49. The first kappa shape index (κ1) is 25.9. The summed E-state index contributed by atoms with van der Waals surface area (Å²) < 4.78 is 14.3. The topological polar surface area (TPSA) is 80.5 Å². The summed E-state index contributed by atoms with van der Waals surface area (Å²) in [4.78, 5) is 34.1. The average Bonchev–Trinajstić information content (AvgIpc) is 3.60. The second-order valence-electron chi connectivity index (χ2n) is 9.56. The van der Waals surface area contributed by atoms with E-state index in [0.29, 0.717) is 44.8 Å². The molecule has 1 saturated heterocycles. The molecule has 1 fully saturated rings. The molecule has 0 saturated carbocycles. The standard InChI is InChI=1S/C29H32FN5O2S/c1-20(33-29(37)28(36)31-13-12-21-19-32-24-9-4-2-7-22(21)24)27(26-11-6-18-38-26)35-16-14-34(15-17-35)25-10-5-3-8-23(25)30/h2-11,18-20,27,32H,12-17H2,1H3,(H,31,36)(H,33,37)/t20-,27+/m1/s1. The molecular formula is C29H32FN5O2S. The molecule has 1 aliphatic heterocycles. The van der Waals surface area contributed by atoms with Crippen LogP contribution in [0.1, 0.15) is 23.4 Å². The molecule has 3 heterocycles. The van der Waals surface area contributed by atoms with Crippen molar-refractivity contribution in [3.63, 3.8) is 0 Å². The Balaban J connectivity index is 1.17. The fraction of sp³-hybridized carbons (Fsp3) is 0.310. The Hall–Kier alpha value is -3.69. The maximum Gasteiger partial charge on any atom is 0.309 e. The molecule has 1 aliphatic rings. The van der Waals surface area contributed by atoms with Gasteiger partial charge in [0.05, 0.1) is 11.7 Å². The Morgan fingerprint density at radius 2 is 1.76 bits per heavy atom. The highest BCUT2D eigenvalue weighted by atomic mass is 32.1. The lowest BCUT2D eigenvalue weighted by Gasteiger charge is -2.42. The van der Waals surface area contributed by atoms with Gasteiger partial charge in [-0.2, -0.15) is 0 Å². The van der Waals surface area contributed by atoms with Crippen molar-refractivity contribution < 1.29 is 14.0 Å². The van der Waals surface area contributed by atoms with Gasteiger partial charge in [-0.05, 0) is 48.6 Å². The Kier molecular flexibility index (Phi) is 8.05. The molecule has 0 radical (unpaired) electrons. The van der Waals surface area contributed by atoms with Gasteiger partial charge < -0.3 is 20.5 Å². The summed E-state index contributed by atoms with van der Waals surface area (Å²) in [6, 6.07) is 18.5. The number of aromatic amines is 1. The van der Waals surface area contributed by atoms with Crippen LogP contribution in [0.15, 0.2) is 72.2 Å². The molecule has 0 bridgehead atoms. The van der Waals surface area contributed by atoms with Crippen LogP contribution < -0.4 is 15.5 Å². The first-order valence-corrected chi connectivity index (χ1v) is 13.8. The van der Waals surface area contributed by atoms with Crippen LogP contribution in [-0.4, -0.2) is 60.5 Å². The van der Waals surface area contributed by atoms with E-state index in [2.05, 4.69) is 31.5 Å². The van der Waals surface area contributed by atoms with Crippen LogP contribution in [0, 0.1) is 5.82 Å². The molecule has 2 amide bonds. The normalized spacial score (nSPS) is 15.8. The van der Waals surface area contributed by atoms with Gasteiger partial charge in [0, 0.05) is 60.7 Å². The summed E-state index contributed by atoms with van der Waals surface area (Å²) in [6.07, 6.45) is 2.57. The molecule has 9 heteroatoms. The number of fused-ring (bicyclic) bond motifs is 1. The van der Waals surface area contributed by atoms with E-state index in [0.717, 1.165) is 21.3 Å². The van der Waals surface area contributed by atoms with E-state index >= 15 is 0 Å². The number of anilines is 1. The minimum atomic E-state index is -0.636. The van der Waals surface area contributed by atoms with E-state index in [-0.39, 0.29) is 17.9 Å². The highest BCUT2D eigenvalue weighted by molar-refractivity contribution is 7.10. The van der Waals surface area contributed by atoms with E-state index in [1.165, 1.54) is 6.07 Å². The number of nitrogens with one attached hydrogen (secondary N) is 3. The van der Waals surface area contributed by atoms with Crippen LogP contribution in [0.4, 0.5) is 10.1 Å². The van der Waals surface area contributed by atoms with E-state index < -0.39 is 11.8 Å². The van der Waals surface area contributed by atoms with Gasteiger partial charge in [-0.15, -0.1) is 11.3 Å². The number of carbonyl (C=O) groups is 2. The number of piperazine rings is 1. The Bertz CT molecular complexity index is 1380. The summed E-state index contributed by atoms with van der Waals surface area (Å²) in [5, 5.41) is 8.82. The second-order valence-corrected chi connectivity index (χ2v) is 10.5. The third kappa shape index (κ3) is 5.74. The lowest BCUT2D eigenvalue weighted by atomic mass is 10.0. The number of halogens is 1. The SMILES string of the molecule is C[C@@H](NC(=O)C(=O)NCCc1c[nH]c2ccccc12)[C@@H](c1cccs1)N1CCN(c2ccccc2F)CC1. The van der Waals surface area contributed by atoms with Crippen molar-refractivity contribution in [2.75, 3.05) is 37.6 Å². The fourth-order valence-corrected chi connectivity index (χ4v) is 6.20. The van der Waals surface area contributed by atoms with Gasteiger partial charge in [-0.1, -0.05) is 36.4 Å². The van der Waals surface area contributed by atoms with Gasteiger partial charge in [0.25, 0.3) is 0 Å². The van der Waals surface area contributed by atoms with Gasteiger partial charge in [0.2, 0.25) is 0 Å². The third-order valence-corrected chi connectivity index (χ3v) is 8.07. The molecule has 0 aliphatic carbocycles.